The number of pyridine rings is 1. The molecule has 0 spiro atoms. The molecule has 0 atom stereocenters. The van der Waals surface area contributed by atoms with E-state index in [4.69, 9.17) is 14.0 Å². The molecular weight excluding hydrogens is 513 g/mol. The number of aromatic nitrogens is 2. The summed E-state index contributed by atoms with van der Waals surface area (Å²) in [5.41, 5.74) is 0.152. The van der Waals surface area contributed by atoms with Gasteiger partial charge in [0.05, 0.1) is 46.9 Å². The Balaban J connectivity index is 1.82. The predicted octanol–water partition coefficient (Wildman–Crippen LogP) is 4.99. The third kappa shape index (κ3) is 6.66. The van der Waals surface area contributed by atoms with Crippen molar-refractivity contribution in [1.29, 1.82) is 5.26 Å². The summed E-state index contributed by atoms with van der Waals surface area (Å²) in [6.45, 7) is 3.32. The Morgan fingerprint density at radius 2 is 2.03 bits per heavy atom. The summed E-state index contributed by atoms with van der Waals surface area (Å²) in [5, 5.41) is 16.0. The van der Waals surface area contributed by atoms with Crippen molar-refractivity contribution in [3.05, 3.63) is 58.4 Å². The highest BCUT2D eigenvalue weighted by Crippen LogP contribution is 2.37. The Labute approximate surface area is 213 Å². The number of anilines is 1. The van der Waals surface area contributed by atoms with Crippen molar-refractivity contribution in [1.82, 2.24) is 10.1 Å². The van der Waals surface area contributed by atoms with E-state index in [2.05, 4.69) is 15.5 Å². The van der Waals surface area contributed by atoms with Gasteiger partial charge in [-0.25, -0.2) is 9.78 Å². The fraction of sp³-hybridized carbons (Fsp3) is 0.292. The van der Waals surface area contributed by atoms with Gasteiger partial charge in [-0.1, -0.05) is 29.1 Å². The standard InChI is InChI=1S/C24H21F3N4O5S/c1-4-35-23(33)17-9-15(10-28)22(29-13(17)2)37-12-19(32)30-21-20(18(11-34-3)31-36-21)14-6-5-7-16(8-14)24(25,26)27/h5-9H,4,11-12H2,1-3H3,(H,30,32). The second-order valence-corrected chi connectivity index (χ2v) is 8.45. The smallest absolute Gasteiger partial charge is 0.416 e. The number of hydrogen-bond donors (Lipinski definition) is 1. The molecule has 3 aromatic rings. The van der Waals surface area contributed by atoms with Crippen molar-refractivity contribution < 1.29 is 36.8 Å². The van der Waals surface area contributed by atoms with Crippen LogP contribution in [0.25, 0.3) is 11.1 Å². The molecule has 37 heavy (non-hydrogen) atoms. The normalized spacial score (nSPS) is 11.2. The second kappa shape index (κ2) is 11.9. The minimum Gasteiger partial charge on any atom is -0.462 e. The summed E-state index contributed by atoms with van der Waals surface area (Å²) in [5.74, 6) is -1.57. The highest BCUT2D eigenvalue weighted by Gasteiger charge is 2.31. The summed E-state index contributed by atoms with van der Waals surface area (Å²) in [6, 6.07) is 7.81. The van der Waals surface area contributed by atoms with E-state index in [0.717, 1.165) is 23.9 Å². The minimum absolute atomic E-state index is 0.0682. The first-order chi connectivity index (χ1) is 17.6. The van der Waals surface area contributed by atoms with Gasteiger partial charge in [0.1, 0.15) is 16.8 Å². The third-order valence-electron chi connectivity index (χ3n) is 4.91. The molecule has 3 rings (SSSR count). The third-order valence-corrected chi connectivity index (χ3v) is 5.90. The number of amides is 1. The molecule has 1 amide bonds. The molecule has 0 radical (unpaired) electrons. The van der Waals surface area contributed by atoms with Crippen LogP contribution in [0.4, 0.5) is 19.1 Å². The second-order valence-electron chi connectivity index (χ2n) is 7.49. The largest absolute Gasteiger partial charge is 0.462 e. The van der Waals surface area contributed by atoms with Gasteiger partial charge < -0.3 is 14.0 Å². The van der Waals surface area contributed by atoms with E-state index >= 15 is 0 Å². The highest BCUT2D eigenvalue weighted by molar-refractivity contribution is 8.00. The number of carbonyl (C=O) groups excluding carboxylic acids is 2. The van der Waals surface area contributed by atoms with E-state index in [1.54, 1.807) is 13.8 Å². The SMILES string of the molecule is CCOC(=O)c1cc(C#N)c(SCC(=O)Nc2onc(COC)c2-c2cccc(C(F)(F)F)c2)nc1C. The minimum atomic E-state index is -4.57. The van der Waals surface area contributed by atoms with Crippen LogP contribution in [0.1, 0.15) is 39.8 Å². The summed E-state index contributed by atoms with van der Waals surface area (Å²) < 4.78 is 54.9. The van der Waals surface area contributed by atoms with E-state index in [9.17, 15) is 28.0 Å². The number of esters is 1. The number of nitriles is 1. The summed E-state index contributed by atoms with van der Waals surface area (Å²) in [4.78, 5) is 29.0. The van der Waals surface area contributed by atoms with Crippen LogP contribution in [0, 0.1) is 18.3 Å². The van der Waals surface area contributed by atoms with Gasteiger partial charge in [0.15, 0.2) is 0 Å². The van der Waals surface area contributed by atoms with Crippen LogP contribution in [0.5, 0.6) is 0 Å². The average molecular weight is 535 g/mol. The number of nitrogens with zero attached hydrogens (tertiary/aromatic N) is 3. The Kier molecular flexibility index (Phi) is 8.90. The fourth-order valence-corrected chi connectivity index (χ4v) is 4.08. The number of nitrogens with one attached hydrogen (secondary N) is 1. The van der Waals surface area contributed by atoms with Gasteiger partial charge in [-0.2, -0.15) is 18.4 Å². The molecule has 9 nitrogen and oxygen atoms in total. The lowest BCUT2D eigenvalue weighted by Crippen LogP contribution is -2.15. The van der Waals surface area contributed by atoms with Crippen LogP contribution in [0.3, 0.4) is 0 Å². The summed E-state index contributed by atoms with van der Waals surface area (Å²) in [6.07, 6.45) is -4.57. The molecule has 0 saturated carbocycles. The van der Waals surface area contributed by atoms with Crippen molar-refractivity contribution >= 4 is 29.5 Å². The van der Waals surface area contributed by atoms with Gasteiger partial charge in [-0.3, -0.25) is 10.1 Å². The van der Waals surface area contributed by atoms with Gasteiger partial charge in [0, 0.05) is 7.11 Å². The van der Waals surface area contributed by atoms with Crippen LogP contribution in [-0.2, 0) is 27.1 Å². The summed E-state index contributed by atoms with van der Waals surface area (Å²) >= 11 is 0.938. The zero-order chi connectivity index (χ0) is 27.2. The van der Waals surface area contributed by atoms with E-state index in [-0.39, 0.29) is 57.8 Å². The molecule has 0 unspecified atom stereocenters. The maximum absolute atomic E-state index is 13.2. The zero-order valence-electron chi connectivity index (χ0n) is 19.9. The number of rotatable bonds is 9. The molecule has 2 heterocycles. The van der Waals surface area contributed by atoms with Crippen LogP contribution in [-0.4, -0.2) is 41.5 Å². The number of benzene rings is 1. The van der Waals surface area contributed by atoms with Gasteiger partial charge in [-0.05, 0) is 37.6 Å². The quantitative estimate of drug-likeness (QED) is 0.298. The van der Waals surface area contributed by atoms with Crippen LogP contribution in [0.15, 0.2) is 39.9 Å². The average Bonchev–Trinajstić information content (AvgIpc) is 3.24. The Bertz CT molecular complexity index is 1350. The molecule has 0 aliphatic carbocycles. The lowest BCUT2D eigenvalue weighted by atomic mass is 10.0. The van der Waals surface area contributed by atoms with E-state index in [1.165, 1.54) is 25.3 Å². The number of alkyl halides is 3. The molecule has 0 bridgehead atoms. The zero-order valence-corrected chi connectivity index (χ0v) is 20.7. The molecule has 194 valence electrons. The van der Waals surface area contributed by atoms with Gasteiger partial charge >= 0.3 is 12.1 Å². The maximum Gasteiger partial charge on any atom is 0.416 e. The van der Waals surface area contributed by atoms with Crippen molar-refractivity contribution in [2.24, 2.45) is 0 Å². The lowest BCUT2D eigenvalue weighted by molar-refractivity contribution is -0.137. The molecule has 0 saturated heterocycles. The van der Waals surface area contributed by atoms with E-state index in [1.807, 2.05) is 6.07 Å². The number of hydrogen-bond acceptors (Lipinski definition) is 9. The predicted molar refractivity (Wildman–Crippen MR) is 127 cm³/mol. The van der Waals surface area contributed by atoms with Crippen LogP contribution in [0.2, 0.25) is 0 Å². The van der Waals surface area contributed by atoms with Gasteiger partial charge in [0.25, 0.3) is 0 Å². The molecule has 1 N–H and O–H groups in total. The highest BCUT2D eigenvalue weighted by atomic mass is 32.2. The van der Waals surface area contributed by atoms with Crippen molar-refractivity contribution in [3.8, 4) is 17.2 Å². The van der Waals surface area contributed by atoms with Crippen LogP contribution < -0.4 is 5.32 Å². The number of aryl methyl sites for hydroxylation is 1. The fourth-order valence-electron chi connectivity index (χ4n) is 3.28. The van der Waals surface area contributed by atoms with E-state index < -0.39 is 23.6 Å². The van der Waals surface area contributed by atoms with Crippen molar-refractivity contribution in [2.45, 2.75) is 31.7 Å². The van der Waals surface area contributed by atoms with Crippen molar-refractivity contribution in [3.63, 3.8) is 0 Å². The number of methoxy groups -OCH3 is 1. The first kappa shape index (κ1) is 27.7. The molecule has 13 heteroatoms. The number of thioether (sulfide) groups is 1. The molecular formula is C24H21F3N4O5S. The van der Waals surface area contributed by atoms with Crippen molar-refractivity contribution in [2.75, 3.05) is 24.8 Å². The Morgan fingerprint density at radius 3 is 2.68 bits per heavy atom. The van der Waals surface area contributed by atoms with E-state index in [0.29, 0.717) is 5.69 Å². The molecule has 2 aromatic heterocycles. The molecule has 0 aliphatic rings. The lowest BCUT2D eigenvalue weighted by Gasteiger charge is -2.10. The first-order valence-corrected chi connectivity index (χ1v) is 11.7. The Hall–Kier alpha value is -3.89. The summed E-state index contributed by atoms with van der Waals surface area (Å²) in [7, 11) is 1.38. The Morgan fingerprint density at radius 1 is 1.27 bits per heavy atom. The van der Waals surface area contributed by atoms with Gasteiger partial charge in [-0.15, -0.1) is 0 Å². The first-order valence-electron chi connectivity index (χ1n) is 10.8. The molecule has 0 fully saturated rings. The number of carbonyl (C=O) groups is 2. The van der Waals surface area contributed by atoms with Gasteiger partial charge in [0.2, 0.25) is 11.8 Å². The maximum atomic E-state index is 13.2. The monoisotopic (exact) mass is 534 g/mol. The van der Waals surface area contributed by atoms with Crippen LogP contribution >= 0.6 is 11.8 Å². The molecule has 0 aliphatic heterocycles. The number of halogens is 3. The number of ether oxygens (including phenoxy) is 2. The topological polar surface area (TPSA) is 127 Å². The molecule has 1 aromatic carbocycles.